The third-order valence-electron chi connectivity index (χ3n) is 8.51. The molecule has 3 aromatic rings. The van der Waals surface area contributed by atoms with Crippen LogP contribution in [0, 0.1) is 5.82 Å². The standard InChI is InChI=1S/C17H17ClFNO4.C16H20ClN5O2/c1-9(2)15-16(21)20(17(22)24-15)13-8-14(11(18)7-12(13)19)23-10-5-3-4-6-10;1-2-20(12-8-4-3-5-9-12)15(23)22-16(24)21(18-19-22)14-11-7-6-10-13(14)17/h7-8,10H,3-6H2,1-2H3;6-7,10-12H,2-5,8-9H2,1H3. The third kappa shape index (κ3) is 7.41. The number of halogens is 3. The summed E-state index contributed by atoms with van der Waals surface area (Å²) in [6, 6.07) is 8.88. The van der Waals surface area contributed by atoms with Crippen molar-refractivity contribution in [3.8, 4) is 11.4 Å². The minimum atomic E-state index is -0.941. The van der Waals surface area contributed by atoms with E-state index in [0.717, 1.165) is 66.8 Å². The normalized spacial score (nSPS) is 16.9. The smallest absolute Gasteiger partial charge is 0.427 e. The van der Waals surface area contributed by atoms with Gasteiger partial charge in [0.15, 0.2) is 5.76 Å². The van der Waals surface area contributed by atoms with Gasteiger partial charge in [0.05, 0.1) is 27.5 Å². The molecule has 256 valence electrons. The molecule has 15 heteroatoms. The number of ether oxygens (including phenoxy) is 2. The molecule has 2 heterocycles. The van der Waals surface area contributed by atoms with Crippen molar-refractivity contribution in [2.75, 3.05) is 11.4 Å². The molecule has 3 aliphatic rings. The van der Waals surface area contributed by atoms with Crippen LogP contribution in [0.1, 0.15) is 78.6 Å². The maximum atomic E-state index is 14.3. The summed E-state index contributed by atoms with van der Waals surface area (Å²) in [5, 5.41) is 8.06. The van der Waals surface area contributed by atoms with Crippen LogP contribution in [0.25, 0.3) is 5.69 Å². The molecule has 0 unspecified atom stereocenters. The van der Waals surface area contributed by atoms with Crippen LogP contribution >= 0.6 is 23.2 Å². The molecule has 2 aliphatic carbocycles. The maximum Gasteiger partial charge on any atom is 0.427 e. The van der Waals surface area contributed by atoms with Crippen LogP contribution in [0.3, 0.4) is 0 Å². The second-order valence-corrected chi connectivity index (χ2v) is 12.8. The Hall–Kier alpha value is -4.23. The fourth-order valence-electron chi connectivity index (χ4n) is 6.06. The van der Waals surface area contributed by atoms with Gasteiger partial charge in [0.25, 0.3) is 0 Å². The second kappa shape index (κ2) is 15.3. The van der Waals surface area contributed by atoms with E-state index in [0.29, 0.717) is 27.7 Å². The largest absolute Gasteiger partial charge is 0.489 e. The van der Waals surface area contributed by atoms with Gasteiger partial charge in [0, 0.05) is 18.7 Å². The van der Waals surface area contributed by atoms with Crippen LogP contribution < -0.4 is 15.3 Å². The summed E-state index contributed by atoms with van der Waals surface area (Å²) in [5.74, 6) is -1.33. The topological polar surface area (TPSA) is 129 Å². The Morgan fingerprint density at radius 2 is 1.62 bits per heavy atom. The first kappa shape index (κ1) is 35.1. The SMILES string of the molecule is CC(C)=C1OC(=O)N(c2cc(OC3CCCC3)c(Cl)cc2F)C1=O.CCN(C(=O)n1nnn(-c2ccccc2Cl)c1=O)C1CCCCC1. The first-order valence-corrected chi connectivity index (χ1v) is 16.8. The number of benzene rings is 2. The minimum Gasteiger partial charge on any atom is -0.489 e. The number of allylic oxidation sites excluding steroid dienone is 1. The lowest BCUT2D eigenvalue weighted by molar-refractivity contribution is -0.114. The number of aromatic nitrogens is 4. The fourth-order valence-corrected chi connectivity index (χ4v) is 6.47. The van der Waals surface area contributed by atoms with Crippen molar-refractivity contribution in [1.82, 2.24) is 24.7 Å². The van der Waals surface area contributed by atoms with Gasteiger partial charge in [0.2, 0.25) is 0 Å². The average molecular weight is 704 g/mol. The highest BCUT2D eigenvalue weighted by Gasteiger charge is 2.40. The molecular weight excluding hydrogens is 666 g/mol. The van der Waals surface area contributed by atoms with Gasteiger partial charge < -0.3 is 14.4 Å². The number of tetrazole rings is 1. The number of cyclic esters (lactones) is 1. The van der Waals surface area contributed by atoms with Gasteiger partial charge in [-0.1, -0.05) is 54.6 Å². The number of hydrogen-bond acceptors (Lipinski definition) is 8. The molecule has 3 fully saturated rings. The monoisotopic (exact) mass is 702 g/mol. The molecule has 12 nitrogen and oxygen atoms in total. The summed E-state index contributed by atoms with van der Waals surface area (Å²) >= 11 is 12.1. The van der Waals surface area contributed by atoms with Crippen LogP contribution in [-0.2, 0) is 9.53 Å². The summed E-state index contributed by atoms with van der Waals surface area (Å²) in [6.45, 7) is 5.72. The molecule has 1 aromatic heterocycles. The molecule has 0 N–H and O–H groups in total. The van der Waals surface area contributed by atoms with E-state index >= 15 is 0 Å². The number of anilines is 1. The Kier molecular flexibility index (Phi) is 11.2. The number of para-hydroxylation sites is 1. The van der Waals surface area contributed by atoms with Crippen molar-refractivity contribution in [3.05, 3.63) is 74.1 Å². The van der Waals surface area contributed by atoms with Crippen LogP contribution in [0.5, 0.6) is 5.75 Å². The first-order chi connectivity index (χ1) is 23.0. The third-order valence-corrected chi connectivity index (χ3v) is 9.12. The number of imide groups is 1. The van der Waals surface area contributed by atoms with Crippen molar-refractivity contribution < 1.29 is 28.2 Å². The second-order valence-electron chi connectivity index (χ2n) is 12.0. The molecule has 1 aliphatic heterocycles. The Labute approximate surface area is 287 Å². The lowest BCUT2D eigenvalue weighted by Gasteiger charge is -2.32. The molecule has 6 rings (SSSR count). The van der Waals surface area contributed by atoms with E-state index in [1.807, 2.05) is 6.92 Å². The molecule has 2 aromatic carbocycles. The van der Waals surface area contributed by atoms with Crippen LogP contribution in [0.2, 0.25) is 10.0 Å². The van der Waals surface area contributed by atoms with Crippen molar-refractivity contribution >= 4 is 46.9 Å². The van der Waals surface area contributed by atoms with Crippen LogP contribution in [0.4, 0.5) is 19.7 Å². The number of carbonyl (C=O) groups excluding carboxylic acids is 3. The predicted octanol–water partition coefficient (Wildman–Crippen LogP) is 7.28. The van der Waals surface area contributed by atoms with Gasteiger partial charge in [-0.25, -0.2) is 23.7 Å². The van der Waals surface area contributed by atoms with Crippen molar-refractivity contribution in [2.45, 2.75) is 90.7 Å². The van der Waals surface area contributed by atoms with Crippen molar-refractivity contribution in [3.63, 3.8) is 0 Å². The van der Waals surface area contributed by atoms with Gasteiger partial charge >= 0.3 is 23.7 Å². The van der Waals surface area contributed by atoms with Gasteiger partial charge in [-0.2, -0.15) is 4.68 Å². The zero-order valence-electron chi connectivity index (χ0n) is 27.0. The quantitative estimate of drug-likeness (QED) is 0.194. The Morgan fingerprint density at radius 3 is 2.25 bits per heavy atom. The molecular formula is C33H37Cl2FN6O6. The number of carbonyl (C=O) groups is 3. The Morgan fingerprint density at radius 1 is 0.958 bits per heavy atom. The highest BCUT2D eigenvalue weighted by Crippen LogP contribution is 2.37. The predicted molar refractivity (Wildman–Crippen MR) is 177 cm³/mol. The van der Waals surface area contributed by atoms with Crippen molar-refractivity contribution in [2.24, 2.45) is 0 Å². The van der Waals surface area contributed by atoms with E-state index in [9.17, 15) is 23.6 Å². The van der Waals surface area contributed by atoms with Gasteiger partial charge in [-0.15, -0.1) is 4.68 Å². The van der Waals surface area contributed by atoms with Gasteiger partial charge in [-0.3, -0.25) is 4.79 Å². The summed E-state index contributed by atoms with van der Waals surface area (Å²) in [5.41, 5.74) is 0.109. The van der Waals surface area contributed by atoms with E-state index < -0.39 is 29.5 Å². The van der Waals surface area contributed by atoms with Crippen molar-refractivity contribution in [1.29, 1.82) is 0 Å². The molecule has 0 spiro atoms. The molecule has 3 amide bonds. The van der Waals surface area contributed by atoms with E-state index in [1.54, 1.807) is 43.0 Å². The number of hydrogen-bond donors (Lipinski definition) is 0. The molecule has 0 radical (unpaired) electrons. The number of nitrogens with zero attached hydrogens (tertiary/aromatic N) is 6. The van der Waals surface area contributed by atoms with E-state index in [-0.39, 0.29) is 34.4 Å². The molecule has 2 saturated carbocycles. The van der Waals surface area contributed by atoms with E-state index in [4.69, 9.17) is 32.7 Å². The molecule has 1 saturated heterocycles. The lowest BCUT2D eigenvalue weighted by Crippen LogP contribution is -2.46. The molecule has 0 atom stereocenters. The van der Waals surface area contributed by atoms with Crippen LogP contribution in [0.15, 0.2) is 52.5 Å². The summed E-state index contributed by atoms with van der Waals surface area (Å²) in [4.78, 5) is 52.0. The summed E-state index contributed by atoms with van der Waals surface area (Å²) in [6.07, 6.45) is 8.34. The van der Waals surface area contributed by atoms with E-state index in [2.05, 4.69) is 10.4 Å². The Bertz CT molecular complexity index is 1780. The molecule has 0 bridgehead atoms. The lowest BCUT2D eigenvalue weighted by atomic mass is 9.94. The summed E-state index contributed by atoms with van der Waals surface area (Å²) < 4.78 is 26.9. The Balaban J connectivity index is 0.000000188. The maximum absolute atomic E-state index is 14.3. The summed E-state index contributed by atoms with van der Waals surface area (Å²) in [7, 11) is 0. The molecule has 48 heavy (non-hydrogen) atoms. The fraction of sp³-hybridized carbons (Fsp3) is 0.455. The first-order valence-electron chi connectivity index (χ1n) is 16.0. The van der Waals surface area contributed by atoms with Gasteiger partial charge in [0.1, 0.15) is 11.6 Å². The minimum absolute atomic E-state index is 0.00962. The number of amides is 3. The zero-order chi connectivity index (χ0) is 34.5. The van der Waals surface area contributed by atoms with Gasteiger partial charge in [-0.05, 0) is 93.5 Å². The average Bonchev–Trinajstić information content (AvgIpc) is 3.79. The van der Waals surface area contributed by atoms with E-state index in [1.165, 1.54) is 12.5 Å². The highest BCUT2D eigenvalue weighted by atomic mass is 35.5. The zero-order valence-corrected chi connectivity index (χ0v) is 28.5. The van der Waals surface area contributed by atoms with Crippen LogP contribution in [-0.4, -0.2) is 61.4 Å². The number of rotatable bonds is 6. The highest BCUT2D eigenvalue weighted by molar-refractivity contribution is 6.32.